The summed E-state index contributed by atoms with van der Waals surface area (Å²) in [6, 6.07) is 21.7. The highest BCUT2D eigenvalue weighted by molar-refractivity contribution is 6.00. The van der Waals surface area contributed by atoms with E-state index in [9.17, 15) is 4.79 Å². The van der Waals surface area contributed by atoms with E-state index in [0.717, 1.165) is 16.7 Å². The number of urea groups is 1. The number of oxazole rings is 1. The molecule has 0 atom stereocenters. The van der Waals surface area contributed by atoms with Crippen molar-refractivity contribution < 1.29 is 13.9 Å². The fourth-order valence-corrected chi connectivity index (χ4v) is 2.72. The molecule has 6 heteroatoms. The van der Waals surface area contributed by atoms with E-state index in [1.54, 1.807) is 25.3 Å². The summed E-state index contributed by atoms with van der Waals surface area (Å²) in [7, 11) is 1.58. The number of carbonyl (C=O) groups is 1. The Morgan fingerprint density at radius 2 is 1.67 bits per heavy atom. The van der Waals surface area contributed by atoms with Crippen molar-refractivity contribution in [2.75, 3.05) is 17.7 Å². The van der Waals surface area contributed by atoms with Crippen molar-refractivity contribution in [3.8, 4) is 17.2 Å². The number of ether oxygens (including phenoxy) is 1. The summed E-state index contributed by atoms with van der Waals surface area (Å²) in [6.45, 7) is 0. The average Bonchev–Trinajstić information content (AvgIpc) is 3.12. The van der Waals surface area contributed by atoms with E-state index >= 15 is 0 Å². The second kappa shape index (κ2) is 7.21. The Balaban J connectivity index is 1.51. The van der Waals surface area contributed by atoms with Crippen LogP contribution in [-0.2, 0) is 0 Å². The Bertz CT molecular complexity index is 1070. The van der Waals surface area contributed by atoms with Crippen molar-refractivity contribution in [1.29, 1.82) is 0 Å². The molecule has 3 aromatic carbocycles. The molecular formula is C21H17N3O3. The first-order chi connectivity index (χ1) is 13.2. The molecule has 0 aliphatic carbocycles. The third-order valence-corrected chi connectivity index (χ3v) is 3.99. The minimum atomic E-state index is -0.349. The number of nitrogens with one attached hydrogen (secondary N) is 2. The fourth-order valence-electron chi connectivity index (χ4n) is 2.72. The molecule has 6 nitrogen and oxygen atoms in total. The van der Waals surface area contributed by atoms with Crippen molar-refractivity contribution >= 4 is 28.5 Å². The Morgan fingerprint density at radius 1 is 0.926 bits per heavy atom. The quantitative estimate of drug-likeness (QED) is 0.528. The summed E-state index contributed by atoms with van der Waals surface area (Å²) in [5.41, 5.74) is 3.57. The van der Waals surface area contributed by atoms with Crippen LogP contribution in [0.3, 0.4) is 0 Å². The van der Waals surface area contributed by atoms with Gasteiger partial charge >= 0.3 is 6.03 Å². The van der Waals surface area contributed by atoms with Crippen LogP contribution in [0, 0.1) is 0 Å². The third kappa shape index (κ3) is 3.74. The Morgan fingerprint density at radius 3 is 2.44 bits per heavy atom. The summed E-state index contributed by atoms with van der Waals surface area (Å²) in [5.74, 6) is 1.18. The number of carbonyl (C=O) groups excluding carboxylic acids is 1. The molecular weight excluding hydrogens is 342 g/mol. The lowest BCUT2D eigenvalue weighted by Crippen LogP contribution is -2.19. The zero-order chi connectivity index (χ0) is 18.6. The van der Waals surface area contributed by atoms with Crippen molar-refractivity contribution in [1.82, 2.24) is 4.98 Å². The van der Waals surface area contributed by atoms with Crippen molar-refractivity contribution in [3.05, 3.63) is 72.8 Å². The number of hydrogen-bond acceptors (Lipinski definition) is 4. The van der Waals surface area contributed by atoms with E-state index in [4.69, 9.17) is 9.15 Å². The molecule has 0 saturated carbocycles. The Hall–Kier alpha value is -3.80. The lowest BCUT2D eigenvalue weighted by molar-refractivity contribution is 0.262. The van der Waals surface area contributed by atoms with Crippen LogP contribution < -0.4 is 15.4 Å². The number of anilines is 2. The Kier molecular flexibility index (Phi) is 4.45. The number of fused-ring (bicyclic) bond motifs is 1. The monoisotopic (exact) mass is 359 g/mol. The number of methoxy groups -OCH3 is 1. The van der Waals surface area contributed by atoms with Gasteiger partial charge in [-0.2, -0.15) is 0 Å². The normalized spacial score (nSPS) is 10.6. The smallest absolute Gasteiger partial charge is 0.323 e. The van der Waals surface area contributed by atoms with Gasteiger partial charge in [-0.15, -0.1) is 0 Å². The van der Waals surface area contributed by atoms with Gasteiger partial charge in [-0.05, 0) is 42.5 Å². The standard InChI is InChI=1S/C21H17N3O3/c1-26-17-9-5-8-16(13-17)23-21(25)22-15-7-4-6-14(12-15)20-24-18-10-2-3-11-19(18)27-20/h2-13H,1H3,(H2,22,23,25). The highest BCUT2D eigenvalue weighted by Gasteiger charge is 2.09. The zero-order valence-corrected chi connectivity index (χ0v) is 14.6. The molecule has 0 fully saturated rings. The van der Waals surface area contributed by atoms with Crippen LogP contribution in [0.5, 0.6) is 5.75 Å². The number of nitrogens with zero attached hydrogens (tertiary/aromatic N) is 1. The third-order valence-electron chi connectivity index (χ3n) is 3.99. The summed E-state index contributed by atoms with van der Waals surface area (Å²) in [6.07, 6.45) is 0. The summed E-state index contributed by atoms with van der Waals surface area (Å²) in [5, 5.41) is 5.59. The largest absolute Gasteiger partial charge is 0.497 e. The number of benzene rings is 3. The molecule has 2 N–H and O–H groups in total. The van der Waals surface area contributed by atoms with Gasteiger partial charge in [0.15, 0.2) is 5.58 Å². The summed E-state index contributed by atoms with van der Waals surface area (Å²) < 4.78 is 10.9. The molecule has 2 amide bonds. The molecule has 0 aliphatic rings. The van der Waals surface area contributed by atoms with Gasteiger partial charge < -0.3 is 19.8 Å². The van der Waals surface area contributed by atoms with Crippen LogP contribution in [0.2, 0.25) is 0 Å². The molecule has 1 heterocycles. The number of rotatable bonds is 4. The fraction of sp³-hybridized carbons (Fsp3) is 0.0476. The van der Waals surface area contributed by atoms with Crippen LogP contribution in [0.15, 0.2) is 77.2 Å². The van der Waals surface area contributed by atoms with Crippen molar-refractivity contribution in [3.63, 3.8) is 0 Å². The second-order valence-corrected chi connectivity index (χ2v) is 5.88. The van der Waals surface area contributed by atoms with Gasteiger partial charge in [-0.3, -0.25) is 0 Å². The molecule has 27 heavy (non-hydrogen) atoms. The molecule has 0 bridgehead atoms. The van der Waals surface area contributed by atoms with Crippen LogP contribution in [0.4, 0.5) is 16.2 Å². The van der Waals surface area contributed by atoms with E-state index in [-0.39, 0.29) is 6.03 Å². The van der Waals surface area contributed by atoms with Crippen molar-refractivity contribution in [2.24, 2.45) is 0 Å². The second-order valence-electron chi connectivity index (χ2n) is 5.88. The van der Waals surface area contributed by atoms with Crippen molar-refractivity contribution in [2.45, 2.75) is 0 Å². The van der Waals surface area contributed by atoms with E-state index in [2.05, 4.69) is 15.6 Å². The maximum atomic E-state index is 12.3. The summed E-state index contributed by atoms with van der Waals surface area (Å²) >= 11 is 0. The molecule has 0 radical (unpaired) electrons. The van der Waals surface area contributed by atoms with Gasteiger partial charge in [0.1, 0.15) is 11.3 Å². The van der Waals surface area contributed by atoms with Crippen LogP contribution in [0.25, 0.3) is 22.6 Å². The van der Waals surface area contributed by atoms with Gasteiger partial charge in [0.2, 0.25) is 5.89 Å². The number of aromatic nitrogens is 1. The average molecular weight is 359 g/mol. The maximum Gasteiger partial charge on any atom is 0.323 e. The maximum absolute atomic E-state index is 12.3. The first-order valence-corrected chi connectivity index (χ1v) is 8.39. The number of para-hydroxylation sites is 2. The van der Waals surface area contributed by atoms with E-state index in [1.165, 1.54) is 0 Å². The van der Waals surface area contributed by atoms with Gasteiger partial charge in [0.25, 0.3) is 0 Å². The minimum Gasteiger partial charge on any atom is -0.497 e. The molecule has 4 aromatic rings. The van der Waals surface area contributed by atoms with Gasteiger partial charge in [0.05, 0.1) is 7.11 Å². The highest BCUT2D eigenvalue weighted by atomic mass is 16.5. The zero-order valence-electron chi connectivity index (χ0n) is 14.6. The predicted octanol–water partition coefficient (Wildman–Crippen LogP) is 5.15. The van der Waals surface area contributed by atoms with Gasteiger partial charge in [0, 0.05) is 23.0 Å². The van der Waals surface area contributed by atoms with Gasteiger partial charge in [-0.1, -0.05) is 24.3 Å². The predicted molar refractivity (Wildman–Crippen MR) is 105 cm³/mol. The van der Waals surface area contributed by atoms with E-state index in [0.29, 0.717) is 23.0 Å². The first-order valence-electron chi connectivity index (χ1n) is 8.39. The van der Waals surface area contributed by atoms with Crippen LogP contribution in [-0.4, -0.2) is 18.1 Å². The van der Waals surface area contributed by atoms with Gasteiger partial charge in [-0.25, -0.2) is 9.78 Å². The SMILES string of the molecule is COc1cccc(NC(=O)Nc2cccc(-c3nc4ccccc4o3)c2)c1. The minimum absolute atomic E-state index is 0.349. The summed E-state index contributed by atoms with van der Waals surface area (Å²) in [4.78, 5) is 16.7. The molecule has 134 valence electrons. The number of hydrogen-bond donors (Lipinski definition) is 2. The molecule has 4 rings (SSSR count). The molecule has 0 unspecified atom stereocenters. The molecule has 1 aromatic heterocycles. The first kappa shape index (κ1) is 16.7. The van der Waals surface area contributed by atoms with E-state index in [1.807, 2.05) is 54.6 Å². The molecule has 0 saturated heterocycles. The lowest BCUT2D eigenvalue weighted by atomic mass is 10.2. The Labute approximate surface area is 155 Å². The van der Waals surface area contributed by atoms with E-state index < -0.39 is 0 Å². The molecule has 0 aliphatic heterocycles. The highest BCUT2D eigenvalue weighted by Crippen LogP contribution is 2.26. The van der Waals surface area contributed by atoms with Crippen LogP contribution >= 0.6 is 0 Å². The topological polar surface area (TPSA) is 76.4 Å². The number of amides is 2. The lowest BCUT2D eigenvalue weighted by Gasteiger charge is -2.09. The molecule has 0 spiro atoms. The van der Waals surface area contributed by atoms with Crippen LogP contribution in [0.1, 0.15) is 0 Å².